The fraction of sp³-hybridized carbons (Fsp3) is 0.889. The van der Waals surface area contributed by atoms with Crippen molar-refractivity contribution in [1.29, 1.82) is 0 Å². The SMILES string of the molecule is NCCN(CCNC(=O)CC(CO)CO)N(O)N=O. The van der Waals surface area contributed by atoms with Crippen LogP contribution in [0.15, 0.2) is 5.29 Å². The summed E-state index contributed by atoms with van der Waals surface area (Å²) in [4.78, 5) is 21.6. The minimum absolute atomic E-state index is 0.00133. The first-order valence-corrected chi connectivity index (χ1v) is 5.84. The summed E-state index contributed by atoms with van der Waals surface area (Å²) in [6.45, 7) is 0.167. The zero-order valence-corrected chi connectivity index (χ0v) is 10.6. The Morgan fingerprint density at radius 2 is 1.95 bits per heavy atom. The predicted molar refractivity (Wildman–Crippen MR) is 65.3 cm³/mol. The molecule has 6 N–H and O–H groups in total. The van der Waals surface area contributed by atoms with Crippen LogP contribution in [0.3, 0.4) is 0 Å². The Morgan fingerprint density at radius 3 is 2.42 bits per heavy atom. The summed E-state index contributed by atoms with van der Waals surface area (Å²) in [6.07, 6.45) is -0.00133. The van der Waals surface area contributed by atoms with Crippen molar-refractivity contribution >= 4 is 5.91 Å². The number of carbonyl (C=O) groups excluding carboxylic acids is 1. The Hall–Kier alpha value is -1.33. The third-order valence-electron chi connectivity index (χ3n) is 2.40. The maximum absolute atomic E-state index is 11.4. The molecule has 0 rings (SSSR count). The van der Waals surface area contributed by atoms with E-state index in [1.165, 1.54) is 0 Å². The quantitative estimate of drug-likeness (QED) is 0.208. The van der Waals surface area contributed by atoms with E-state index in [1.807, 2.05) is 0 Å². The molecule has 0 heterocycles. The molecule has 0 saturated carbocycles. The van der Waals surface area contributed by atoms with Crippen LogP contribution in [0, 0.1) is 10.8 Å². The Kier molecular flexibility index (Phi) is 9.84. The van der Waals surface area contributed by atoms with Gasteiger partial charge in [-0.05, 0) is 0 Å². The van der Waals surface area contributed by atoms with E-state index in [9.17, 15) is 9.70 Å². The van der Waals surface area contributed by atoms with Crippen LogP contribution >= 0.6 is 0 Å². The molecule has 1 amide bonds. The van der Waals surface area contributed by atoms with Crippen molar-refractivity contribution in [1.82, 2.24) is 15.6 Å². The molecule has 0 aliphatic carbocycles. The highest BCUT2D eigenvalue weighted by atomic mass is 16.6. The highest BCUT2D eigenvalue weighted by Crippen LogP contribution is 2.00. The number of aliphatic hydroxyl groups is 2. The number of hydrogen-bond acceptors (Lipinski definition) is 8. The van der Waals surface area contributed by atoms with E-state index < -0.39 is 5.92 Å². The summed E-state index contributed by atoms with van der Waals surface area (Å²) in [6, 6.07) is 0. The molecule has 10 nitrogen and oxygen atoms in total. The van der Waals surface area contributed by atoms with Crippen LogP contribution in [0.4, 0.5) is 0 Å². The molecule has 0 spiro atoms. The van der Waals surface area contributed by atoms with Gasteiger partial charge in [0.25, 0.3) is 0 Å². The van der Waals surface area contributed by atoms with Crippen molar-refractivity contribution in [3.05, 3.63) is 4.91 Å². The first kappa shape index (κ1) is 17.7. The molecular formula is C9H21N5O5. The Labute approximate surface area is 110 Å². The van der Waals surface area contributed by atoms with Crippen LogP contribution in [0.25, 0.3) is 0 Å². The maximum atomic E-state index is 11.4. The van der Waals surface area contributed by atoms with Gasteiger partial charge in [0.1, 0.15) is 0 Å². The Balaban J connectivity index is 3.97. The third-order valence-corrected chi connectivity index (χ3v) is 2.40. The summed E-state index contributed by atoms with van der Waals surface area (Å²) in [5.74, 6) is -0.838. The van der Waals surface area contributed by atoms with Crippen LogP contribution in [-0.2, 0) is 4.79 Å². The summed E-state index contributed by atoms with van der Waals surface area (Å²) in [7, 11) is 0. The van der Waals surface area contributed by atoms with Gasteiger partial charge in [-0.2, -0.15) is 5.01 Å². The van der Waals surface area contributed by atoms with Crippen molar-refractivity contribution in [3.8, 4) is 0 Å². The van der Waals surface area contributed by atoms with Gasteiger partial charge in [0.05, 0.1) is 5.29 Å². The highest BCUT2D eigenvalue weighted by Gasteiger charge is 2.14. The summed E-state index contributed by atoms with van der Waals surface area (Å²) in [5, 5.41) is 32.8. The van der Waals surface area contributed by atoms with E-state index in [1.54, 1.807) is 0 Å². The van der Waals surface area contributed by atoms with Crippen molar-refractivity contribution < 1.29 is 20.2 Å². The van der Waals surface area contributed by atoms with E-state index in [0.717, 1.165) is 5.01 Å². The normalized spacial score (nSPS) is 10.8. The average Bonchev–Trinajstić information content (AvgIpc) is 2.42. The Bertz CT molecular complexity index is 263. The van der Waals surface area contributed by atoms with Crippen LogP contribution in [0.5, 0.6) is 0 Å². The van der Waals surface area contributed by atoms with Crippen LogP contribution in [0.1, 0.15) is 6.42 Å². The highest BCUT2D eigenvalue weighted by molar-refractivity contribution is 5.76. The van der Waals surface area contributed by atoms with Crippen molar-refractivity contribution in [2.24, 2.45) is 16.9 Å². The standard InChI is InChI=1S/C9H21N5O5/c10-1-3-13(14(19)12-18)4-2-11-9(17)5-8(6-15)7-16/h8,15-16,19H,1-7,10H2,(H,11,17). The van der Waals surface area contributed by atoms with E-state index in [4.69, 9.17) is 21.2 Å². The average molecular weight is 279 g/mol. The van der Waals surface area contributed by atoms with Gasteiger partial charge >= 0.3 is 0 Å². The van der Waals surface area contributed by atoms with Crippen LogP contribution < -0.4 is 11.1 Å². The van der Waals surface area contributed by atoms with Crippen molar-refractivity contribution in [3.63, 3.8) is 0 Å². The molecule has 0 saturated heterocycles. The maximum Gasteiger partial charge on any atom is 0.220 e. The van der Waals surface area contributed by atoms with Gasteiger partial charge in [-0.3, -0.25) is 10.0 Å². The number of aliphatic hydroxyl groups excluding tert-OH is 2. The lowest BCUT2D eigenvalue weighted by Crippen LogP contribution is -2.44. The second-order valence-corrected chi connectivity index (χ2v) is 3.88. The molecule has 0 aromatic carbocycles. The van der Waals surface area contributed by atoms with E-state index in [-0.39, 0.29) is 57.0 Å². The lowest BCUT2D eigenvalue weighted by atomic mass is 10.1. The van der Waals surface area contributed by atoms with E-state index in [2.05, 4.69) is 10.6 Å². The van der Waals surface area contributed by atoms with E-state index in [0.29, 0.717) is 0 Å². The minimum Gasteiger partial charge on any atom is -0.396 e. The molecule has 112 valence electrons. The second-order valence-electron chi connectivity index (χ2n) is 3.88. The molecule has 0 aromatic heterocycles. The van der Waals surface area contributed by atoms with Gasteiger partial charge in [-0.1, -0.05) is 5.28 Å². The third kappa shape index (κ3) is 7.64. The molecule has 0 unspecified atom stereocenters. The van der Waals surface area contributed by atoms with Gasteiger partial charge in [-0.25, -0.2) is 0 Å². The van der Waals surface area contributed by atoms with Gasteiger partial charge in [0.15, 0.2) is 0 Å². The summed E-state index contributed by atoms with van der Waals surface area (Å²) >= 11 is 0. The summed E-state index contributed by atoms with van der Waals surface area (Å²) < 4.78 is 0. The predicted octanol–water partition coefficient (Wildman–Crippen LogP) is -2.36. The zero-order valence-electron chi connectivity index (χ0n) is 10.6. The van der Waals surface area contributed by atoms with Crippen molar-refractivity contribution in [2.75, 3.05) is 39.4 Å². The zero-order chi connectivity index (χ0) is 14.7. The van der Waals surface area contributed by atoms with Crippen LogP contribution in [0.2, 0.25) is 0 Å². The number of nitrogens with one attached hydrogen (secondary N) is 1. The topological polar surface area (TPSA) is 152 Å². The minimum atomic E-state index is -0.494. The molecule has 0 radical (unpaired) electrons. The van der Waals surface area contributed by atoms with Gasteiger partial charge in [0.2, 0.25) is 5.91 Å². The monoisotopic (exact) mass is 279 g/mol. The van der Waals surface area contributed by atoms with Crippen LogP contribution in [-0.4, -0.2) is 71.0 Å². The first-order chi connectivity index (χ1) is 9.08. The number of nitrogens with two attached hydrogens (primary N) is 1. The number of hydrogen-bond donors (Lipinski definition) is 5. The number of carbonyl (C=O) groups is 1. The molecule has 19 heavy (non-hydrogen) atoms. The fourth-order valence-corrected chi connectivity index (χ4v) is 1.34. The first-order valence-electron chi connectivity index (χ1n) is 5.84. The second kappa shape index (κ2) is 10.6. The number of nitroso groups, excluding NO2 is 1. The van der Waals surface area contributed by atoms with Gasteiger partial charge < -0.3 is 21.3 Å². The van der Waals surface area contributed by atoms with Crippen molar-refractivity contribution in [2.45, 2.75) is 6.42 Å². The molecule has 10 heteroatoms. The lowest BCUT2D eigenvalue weighted by Gasteiger charge is -2.23. The molecule has 0 aliphatic heterocycles. The molecule has 0 aliphatic rings. The molecule has 0 aromatic rings. The number of rotatable bonds is 11. The lowest BCUT2D eigenvalue weighted by molar-refractivity contribution is -0.246. The van der Waals surface area contributed by atoms with Gasteiger partial charge in [-0.15, -0.1) is 4.91 Å². The number of hydrazine groups is 1. The molecular weight excluding hydrogens is 258 g/mol. The van der Waals surface area contributed by atoms with E-state index >= 15 is 0 Å². The Morgan fingerprint density at radius 1 is 1.32 bits per heavy atom. The largest absolute Gasteiger partial charge is 0.396 e. The molecule has 0 atom stereocenters. The fourth-order valence-electron chi connectivity index (χ4n) is 1.34. The number of amides is 1. The summed E-state index contributed by atoms with van der Waals surface area (Å²) in [5.41, 5.74) is 5.29. The molecule has 0 fully saturated rings. The number of nitrogens with zero attached hydrogens (tertiary/aromatic N) is 3. The molecule has 0 bridgehead atoms. The smallest absolute Gasteiger partial charge is 0.220 e. The van der Waals surface area contributed by atoms with Gasteiger partial charge in [0, 0.05) is 51.7 Å².